The number of benzene rings is 2. The number of fused-ring (bicyclic) bond motifs is 1. The lowest BCUT2D eigenvalue weighted by atomic mass is 9.96. The molecule has 0 spiro atoms. The highest BCUT2D eigenvalue weighted by molar-refractivity contribution is 8.00. The highest BCUT2D eigenvalue weighted by Crippen LogP contribution is 2.45. The molecular formula is C31H26FN5O5S2. The average molecular weight is 632 g/mol. The second-order valence-corrected chi connectivity index (χ2v) is 12.2. The van der Waals surface area contributed by atoms with Gasteiger partial charge in [0.05, 0.1) is 23.9 Å². The highest BCUT2D eigenvalue weighted by Gasteiger charge is 2.49. The number of carbonyl (C=O) groups excluding carboxylic acids is 2. The first-order valence-electron chi connectivity index (χ1n) is 13.6. The summed E-state index contributed by atoms with van der Waals surface area (Å²) in [5, 5.41) is 30.7. The predicted octanol–water partition coefficient (Wildman–Crippen LogP) is 5.96. The van der Waals surface area contributed by atoms with Crippen LogP contribution in [0.5, 0.6) is 11.5 Å². The summed E-state index contributed by atoms with van der Waals surface area (Å²) in [5.74, 6) is -2.05. The molecule has 1 aliphatic rings. The average Bonchev–Trinajstić information content (AvgIpc) is 3.69. The number of pyridine rings is 1. The van der Waals surface area contributed by atoms with Crippen molar-refractivity contribution in [3.63, 3.8) is 0 Å². The van der Waals surface area contributed by atoms with E-state index in [2.05, 4.69) is 15.2 Å². The van der Waals surface area contributed by atoms with Crippen molar-refractivity contribution in [3.05, 3.63) is 100 Å². The van der Waals surface area contributed by atoms with Gasteiger partial charge in [0.1, 0.15) is 17.2 Å². The van der Waals surface area contributed by atoms with Crippen LogP contribution in [0.15, 0.2) is 70.7 Å². The Kier molecular flexibility index (Phi) is 7.82. The number of Topliss-reactive ketones (excluding diaryl/α,β-unsaturated/α-hetero) is 1. The monoisotopic (exact) mass is 631 g/mol. The smallest absolute Gasteiger partial charge is 0.301 e. The minimum Gasteiger partial charge on any atom is -0.505 e. The van der Waals surface area contributed by atoms with E-state index in [0.29, 0.717) is 27.0 Å². The molecule has 0 saturated carbocycles. The number of ether oxygens (including phenoxy) is 1. The Balaban J connectivity index is 1.46. The molecule has 1 amide bonds. The second-order valence-electron chi connectivity index (χ2n) is 10.0. The Labute approximate surface area is 259 Å². The number of phenols is 1. The molecule has 3 aromatic heterocycles. The molecule has 1 atom stereocenters. The maximum atomic E-state index is 13.7. The number of aliphatic hydroxyl groups is 1. The van der Waals surface area contributed by atoms with Gasteiger partial charge in [-0.25, -0.2) is 9.37 Å². The summed E-state index contributed by atoms with van der Waals surface area (Å²) in [7, 11) is 0. The molecule has 1 aliphatic heterocycles. The number of halogens is 1. The normalized spacial score (nSPS) is 16.3. The molecule has 4 heterocycles. The first-order valence-corrected chi connectivity index (χ1v) is 15.4. The number of hydrogen-bond acceptors (Lipinski definition) is 10. The number of hydrogen-bond donors (Lipinski definition) is 2. The number of nitrogens with zero attached hydrogens (tertiary/aromatic N) is 5. The van der Waals surface area contributed by atoms with E-state index in [4.69, 9.17) is 4.74 Å². The maximum Gasteiger partial charge on any atom is 0.301 e. The number of amides is 1. The summed E-state index contributed by atoms with van der Waals surface area (Å²) in [6, 6.07) is 13.2. The van der Waals surface area contributed by atoms with Gasteiger partial charge in [-0.1, -0.05) is 47.4 Å². The van der Waals surface area contributed by atoms with Crippen LogP contribution in [0.4, 0.5) is 9.52 Å². The summed E-state index contributed by atoms with van der Waals surface area (Å²) >= 11 is 2.46. The highest BCUT2D eigenvalue weighted by atomic mass is 32.2. The number of thioether (sulfide) groups is 1. The molecule has 5 aromatic rings. The standard InChI is InChI=1S/C31H26FN5O5S2/c1-4-42-22-14-19(9-12-21(22)38)25-23(26(39)24-17(3)36-13-5-6-16(2)28(36)33-24)27(40)29(41)37(25)30-34-35-31(44-30)43-15-18-7-10-20(32)11-8-18/h5-14,25,38-39H,4,15H2,1-3H3/b26-23+. The molecule has 1 saturated heterocycles. The first-order chi connectivity index (χ1) is 21.2. The number of rotatable bonds is 8. The molecule has 2 N–H and O–H groups in total. The van der Waals surface area contributed by atoms with Gasteiger partial charge >= 0.3 is 5.91 Å². The number of carbonyl (C=O) groups is 2. The molecule has 0 radical (unpaired) electrons. The van der Waals surface area contributed by atoms with Crippen LogP contribution in [-0.4, -0.2) is 48.1 Å². The second kappa shape index (κ2) is 11.7. The minimum atomic E-state index is -1.12. The Bertz CT molecular complexity index is 1950. The molecule has 2 aromatic carbocycles. The van der Waals surface area contributed by atoms with Crippen molar-refractivity contribution in [2.45, 2.75) is 36.9 Å². The molecule has 10 nitrogen and oxygen atoms in total. The molecular weight excluding hydrogens is 606 g/mol. The molecule has 1 fully saturated rings. The SMILES string of the molecule is CCOc1cc(C2/C(=C(\O)c3nc4c(C)cccn4c3C)C(=O)C(=O)N2c2nnc(SCc3ccc(F)cc3)s2)ccc1O. The van der Waals surface area contributed by atoms with Crippen LogP contribution in [0.25, 0.3) is 11.4 Å². The summed E-state index contributed by atoms with van der Waals surface area (Å²) in [4.78, 5) is 33.2. The van der Waals surface area contributed by atoms with Gasteiger partial charge < -0.3 is 19.4 Å². The van der Waals surface area contributed by atoms with Crippen molar-refractivity contribution < 1.29 is 28.9 Å². The van der Waals surface area contributed by atoms with E-state index in [0.717, 1.165) is 22.5 Å². The summed E-state index contributed by atoms with van der Waals surface area (Å²) in [5.41, 5.74) is 3.32. The molecule has 1 unspecified atom stereocenters. The Morgan fingerprint density at radius 3 is 2.61 bits per heavy atom. The van der Waals surface area contributed by atoms with Gasteiger partial charge in [-0.15, -0.1) is 10.2 Å². The number of aryl methyl sites for hydroxylation is 2. The van der Waals surface area contributed by atoms with Gasteiger partial charge in [0.25, 0.3) is 5.78 Å². The quantitative estimate of drug-likeness (QED) is 0.0700. The fourth-order valence-corrected chi connectivity index (χ4v) is 6.90. The number of aromatic hydroxyl groups is 1. The zero-order valence-electron chi connectivity index (χ0n) is 23.8. The predicted molar refractivity (Wildman–Crippen MR) is 165 cm³/mol. The van der Waals surface area contributed by atoms with Crippen molar-refractivity contribution in [3.8, 4) is 11.5 Å². The molecule has 13 heteroatoms. The summed E-state index contributed by atoms with van der Waals surface area (Å²) in [6.45, 7) is 5.68. The van der Waals surface area contributed by atoms with Crippen molar-refractivity contribution in [2.75, 3.05) is 11.5 Å². The third-order valence-electron chi connectivity index (χ3n) is 7.23. The topological polar surface area (TPSA) is 130 Å². The Hall–Kier alpha value is -4.75. The van der Waals surface area contributed by atoms with E-state index in [1.54, 1.807) is 42.6 Å². The number of phenolic OH excluding ortho intramolecular Hbond substituents is 1. The molecule has 0 bridgehead atoms. The number of ketones is 1. The van der Waals surface area contributed by atoms with Gasteiger partial charge in [0, 0.05) is 11.9 Å². The number of anilines is 1. The lowest BCUT2D eigenvalue weighted by Gasteiger charge is -2.23. The molecule has 224 valence electrons. The van der Waals surface area contributed by atoms with E-state index in [9.17, 15) is 24.2 Å². The minimum absolute atomic E-state index is 0.116. The van der Waals surface area contributed by atoms with Gasteiger partial charge in [-0.2, -0.15) is 0 Å². The summed E-state index contributed by atoms with van der Waals surface area (Å²) in [6.07, 6.45) is 1.80. The first kappa shape index (κ1) is 29.3. The molecule has 0 aliphatic carbocycles. The fourth-order valence-electron chi connectivity index (χ4n) is 5.08. The third-order valence-corrected chi connectivity index (χ3v) is 9.36. The van der Waals surface area contributed by atoms with E-state index in [1.165, 1.54) is 40.9 Å². The third kappa shape index (κ3) is 5.18. The lowest BCUT2D eigenvalue weighted by molar-refractivity contribution is -0.132. The number of aliphatic hydroxyl groups excluding tert-OH is 1. The number of aromatic nitrogens is 4. The van der Waals surface area contributed by atoms with Crippen molar-refractivity contribution in [1.82, 2.24) is 19.6 Å². The van der Waals surface area contributed by atoms with Crippen LogP contribution >= 0.6 is 23.1 Å². The van der Waals surface area contributed by atoms with Crippen LogP contribution < -0.4 is 9.64 Å². The van der Waals surface area contributed by atoms with E-state index >= 15 is 0 Å². The van der Waals surface area contributed by atoms with Crippen LogP contribution in [0.3, 0.4) is 0 Å². The van der Waals surface area contributed by atoms with Crippen molar-refractivity contribution in [1.29, 1.82) is 0 Å². The molecule has 44 heavy (non-hydrogen) atoms. The largest absolute Gasteiger partial charge is 0.505 e. The number of imidazole rings is 1. The zero-order chi connectivity index (χ0) is 31.1. The van der Waals surface area contributed by atoms with Crippen molar-refractivity contribution in [2.24, 2.45) is 0 Å². The van der Waals surface area contributed by atoms with Crippen LogP contribution in [-0.2, 0) is 15.3 Å². The van der Waals surface area contributed by atoms with Crippen LogP contribution in [0.1, 0.15) is 41.0 Å². The van der Waals surface area contributed by atoms with Gasteiger partial charge in [0.15, 0.2) is 21.6 Å². The van der Waals surface area contributed by atoms with E-state index < -0.39 is 23.5 Å². The molecule has 6 rings (SSSR count). The maximum absolute atomic E-state index is 13.7. The zero-order valence-corrected chi connectivity index (χ0v) is 25.4. The Morgan fingerprint density at radius 2 is 1.89 bits per heavy atom. The van der Waals surface area contributed by atoms with Crippen molar-refractivity contribution >= 4 is 51.3 Å². The summed E-state index contributed by atoms with van der Waals surface area (Å²) < 4.78 is 21.2. The van der Waals surface area contributed by atoms with Gasteiger partial charge in [-0.05, 0) is 67.8 Å². The Morgan fingerprint density at radius 1 is 1.11 bits per heavy atom. The van der Waals surface area contributed by atoms with Gasteiger partial charge in [-0.3, -0.25) is 14.5 Å². The van der Waals surface area contributed by atoms with Gasteiger partial charge in [0.2, 0.25) is 5.13 Å². The lowest BCUT2D eigenvalue weighted by Crippen LogP contribution is -2.29. The van der Waals surface area contributed by atoms with Crippen LogP contribution in [0.2, 0.25) is 0 Å². The van der Waals surface area contributed by atoms with Crippen LogP contribution in [0, 0.1) is 19.7 Å². The fraction of sp³-hybridized carbons (Fsp3) is 0.194. The van der Waals surface area contributed by atoms with E-state index in [1.807, 2.05) is 19.1 Å². The van der Waals surface area contributed by atoms with E-state index in [-0.39, 0.29) is 40.3 Å².